The van der Waals surface area contributed by atoms with Crippen LogP contribution in [0.25, 0.3) is 11.0 Å². The zero-order chi connectivity index (χ0) is 20.1. The number of fused-ring (bicyclic) bond motifs is 1. The number of ether oxygens (including phenoxy) is 2. The Hall–Kier alpha value is -2.72. The van der Waals surface area contributed by atoms with Crippen LogP contribution in [0.15, 0.2) is 42.9 Å². The van der Waals surface area contributed by atoms with Gasteiger partial charge in [0, 0.05) is 6.20 Å². The van der Waals surface area contributed by atoms with Crippen molar-refractivity contribution in [1.82, 2.24) is 14.5 Å². The van der Waals surface area contributed by atoms with Gasteiger partial charge in [-0.25, -0.2) is 9.97 Å². The van der Waals surface area contributed by atoms with Gasteiger partial charge < -0.3 is 35.1 Å². The minimum Gasteiger partial charge on any atom is -0.497 e. The first-order valence-corrected chi connectivity index (χ1v) is 8.79. The normalized spacial score (nSPS) is 28.5. The van der Waals surface area contributed by atoms with Crippen LogP contribution in [0.5, 0.6) is 5.75 Å². The lowest BCUT2D eigenvalue weighted by atomic mass is 9.88. The van der Waals surface area contributed by atoms with E-state index in [1.165, 1.54) is 20.4 Å². The molecule has 4 rings (SSSR count). The molecular formula is C19H22N4O5. The van der Waals surface area contributed by atoms with Crippen molar-refractivity contribution in [3.8, 4) is 5.75 Å². The molecule has 1 aromatic carbocycles. The zero-order valence-corrected chi connectivity index (χ0v) is 15.4. The van der Waals surface area contributed by atoms with Gasteiger partial charge in [-0.05, 0) is 30.7 Å². The molecule has 1 fully saturated rings. The van der Waals surface area contributed by atoms with Gasteiger partial charge in [0.25, 0.3) is 0 Å². The van der Waals surface area contributed by atoms with Gasteiger partial charge in [0.1, 0.15) is 47.5 Å². The summed E-state index contributed by atoms with van der Waals surface area (Å²) in [4.78, 5) is 8.14. The summed E-state index contributed by atoms with van der Waals surface area (Å²) in [6, 6.07) is 8.54. The highest BCUT2D eigenvalue weighted by atomic mass is 16.6. The number of nitrogens with two attached hydrogens (primary N) is 1. The number of hydrogen-bond acceptors (Lipinski definition) is 8. The fourth-order valence-electron chi connectivity index (χ4n) is 3.63. The molecule has 5 N–H and O–H groups in total. The molecule has 5 atom stereocenters. The van der Waals surface area contributed by atoms with Gasteiger partial charge >= 0.3 is 0 Å². The first kappa shape index (κ1) is 18.6. The maximum absolute atomic E-state index is 10.9. The van der Waals surface area contributed by atoms with Gasteiger partial charge in [0.05, 0.1) is 12.5 Å². The summed E-state index contributed by atoms with van der Waals surface area (Å²) in [6.07, 6.45) is -1.59. The highest BCUT2D eigenvalue weighted by Crippen LogP contribution is 2.43. The van der Waals surface area contributed by atoms with Crippen molar-refractivity contribution < 1.29 is 24.8 Å². The molecule has 0 spiro atoms. The molecule has 0 aliphatic carbocycles. The van der Waals surface area contributed by atoms with Crippen LogP contribution in [0.4, 0.5) is 5.82 Å². The Morgan fingerprint density at radius 2 is 2.11 bits per heavy atom. The van der Waals surface area contributed by atoms with E-state index in [1.807, 2.05) is 0 Å². The number of nitrogen functional groups attached to an aromatic ring is 1. The van der Waals surface area contributed by atoms with E-state index in [-0.39, 0.29) is 0 Å². The standard InChI is InChI=1S/C19H22N4O5/c1-19(26)14(25)18(23-7-6-12-16(20)21-9-22-17(12)23)28-15(19)13(24)10-4-3-5-11(8-10)27-2/h3-9,13-15,18,24-26H,1-2H3,(H2,20,21,22)/t13-,14+,15-,18-,19+/m1/s1. The average molecular weight is 386 g/mol. The number of rotatable bonds is 4. The molecule has 1 saturated heterocycles. The monoisotopic (exact) mass is 386 g/mol. The molecule has 0 saturated carbocycles. The number of nitrogens with zero attached hydrogens (tertiary/aromatic N) is 3. The molecule has 3 aromatic rings. The minimum atomic E-state index is -1.72. The topological polar surface area (TPSA) is 136 Å². The quantitative estimate of drug-likeness (QED) is 0.516. The molecule has 28 heavy (non-hydrogen) atoms. The molecule has 0 bridgehead atoms. The van der Waals surface area contributed by atoms with Crippen molar-refractivity contribution in [2.75, 3.05) is 12.8 Å². The van der Waals surface area contributed by atoms with Crippen molar-refractivity contribution in [1.29, 1.82) is 0 Å². The third kappa shape index (κ3) is 2.80. The molecule has 0 radical (unpaired) electrons. The van der Waals surface area contributed by atoms with Crippen molar-refractivity contribution in [2.24, 2.45) is 0 Å². The molecular weight excluding hydrogens is 364 g/mol. The Labute approximate surface area is 161 Å². The average Bonchev–Trinajstić information content (AvgIpc) is 3.22. The lowest BCUT2D eigenvalue weighted by molar-refractivity contribution is -0.115. The summed E-state index contributed by atoms with van der Waals surface area (Å²) in [5.41, 5.74) is 5.11. The molecule has 9 nitrogen and oxygen atoms in total. The highest BCUT2D eigenvalue weighted by Gasteiger charge is 2.55. The summed E-state index contributed by atoms with van der Waals surface area (Å²) in [5, 5.41) is 33.2. The summed E-state index contributed by atoms with van der Waals surface area (Å²) in [5.74, 6) is 0.867. The van der Waals surface area contributed by atoms with Gasteiger partial charge in [-0.2, -0.15) is 0 Å². The van der Waals surface area contributed by atoms with E-state index in [2.05, 4.69) is 9.97 Å². The maximum atomic E-state index is 10.9. The Balaban J connectivity index is 1.70. The summed E-state index contributed by atoms with van der Waals surface area (Å²) < 4.78 is 12.7. The number of hydrogen-bond donors (Lipinski definition) is 4. The third-order valence-electron chi connectivity index (χ3n) is 5.27. The molecule has 3 heterocycles. The molecule has 0 amide bonds. The predicted octanol–water partition coefficient (Wildman–Crippen LogP) is 0.765. The molecule has 148 valence electrons. The minimum absolute atomic E-state index is 0.302. The van der Waals surface area contributed by atoms with E-state index in [9.17, 15) is 15.3 Å². The van der Waals surface area contributed by atoms with Crippen LogP contribution in [-0.4, -0.2) is 54.8 Å². The number of aromatic nitrogens is 3. The van der Waals surface area contributed by atoms with Crippen LogP contribution >= 0.6 is 0 Å². The van der Waals surface area contributed by atoms with Crippen molar-refractivity contribution in [3.05, 3.63) is 48.4 Å². The van der Waals surface area contributed by atoms with Crippen LogP contribution in [0, 0.1) is 0 Å². The Morgan fingerprint density at radius 1 is 1.32 bits per heavy atom. The molecule has 2 aromatic heterocycles. The van der Waals surface area contributed by atoms with E-state index in [0.29, 0.717) is 28.2 Å². The van der Waals surface area contributed by atoms with Gasteiger partial charge in [-0.15, -0.1) is 0 Å². The predicted molar refractivity (Wildman–Crippen MR) is 100 cm³/mol. The Kier molecular flexibility index (Phi) is 4.47. The van der Waals surface area contributed by atoms with Crippen LogP contribution in [-0.2, 0) is 4.74 Å². The fraction of sp³-hybridized carbons (Fsp3) is 0.368. The maximum Gasteiger partial charge on any atom is 0.164 e. The number of benzene rings is 1. The van der Waals surface area contributed by atoms with Crippen molar-refractivity contribution in [2.45, 2.75) is 37.1 Å². The molecule has 0 unspecified atom stereocenters. The zero-order valence-electron chi connectivity index (χ0n) is 15.4. The second-order valence-corrected chi connectivity index (χ2v) is 7.06. The van der Waals surface area contributed by atoms with Gasteiger partial charge in [-0.3, -0.25) is 0 Å². The number of aliphatic hydroxyl groups excluding tert-OH is 2. The second kappa shape index (κ2) is 6.71. The van der Waals surface area contributed by atoms with Crippen molar-refractivity contribution >= 4 is 16.9 Å². The summed E-state index contributed by atoms with van der Waals surface area (Å²) in [7, 11) is 1.53. The van der Waals surface area contributed by atoms with Crippen LogP contribution in [0.1, 0.15) is 24.8 Å². The molecule has 9 heteroatoms. The van der Waals surface area contributed by atoms with E-state index < -0.39 is 30.1 Å². The molecule has 1 aliphatic rings. The highest BCUT2D eigenvalue weighted by molar-refractivity contribution is 5.86. The van der Waals surface area contributed by atoms with E-state index in [4.69, 9.17) is 15.2 Å². The lowest BCUT2D eigenvalue weighted by Crippen LogP contribution is -2.47. The lowest BCUT2D eigenvalue weighted by Gasteiger charge is -2.29. The molecule has 1 aliphatic heterocycles. The van der Waals surface area contributed by atoms with Gasteiger partial charge in [-0.1, -0.05) is 12.1 Å². The summed E-state index contributed by atoms with van der Waals surface area (Å²) >= 11 is 0. The summed E-state index contributed by atoms with van der Waals surface area (Å²) in [6.45, 7) is 1.43. The number of methoxy groups -OCH3 is 1. The smallest absolute Gasteiger partial charge is 0.164 e. The Bertz CT molecular complexity index is 1000. The van der Waals surface area contributed by atoms with E-state index in [1.54, 1.807) is 41.1 Å². The fourth-order valence-corrected chi connectivity index (χ4v) is 3.63. The van der Waals surface area contributed by atoms with Crippen LogP contribution in [0.3, 0.4) is 0 Å². The third-order valence-corrected chi connectivity index (χ3v) is 5.27. The number of aliphatic hydroxyl groups is 3. The first-order valence-electron chi connectivity index (χ1n) is 8.79. The van der Waals surface area contributed by atoms with Gasteiger partial charge in [0.15, 0.2) is 6.23 Å². The van der Waals surface area contributed by atoms with E-state index in [0.717, 1.165) is 0 Å². The van der Waals surface area contributed by atoms with Crippen LogP contribution in [0.2, 0.25) is 0 Å². The van der Waals surface area contributed by atoms with Crippen LogP contribution < -0.4 is 10.5 Å². The van der Waals surface area contributed by atoms with Crippen molar-refractivity contribution in [3.63, 3.8) is 0 Å². The Morgan fingerprint density at radius 3 is 2.86 bits per heavy atom. The largest absolute Gasteiger partial charge is 0.497 e. The number of anilines is 1. The second-order valence-electron chi connectivity index (χ2n) is 7.06. The van der Waals surface area contributed by atoms with E-state index >= 15 is 0 Å². The first-order chi connectivity index (χ1) is 13.3. The SMILES string of the molecule is COc1cccc([C@@H](O)[C@H]2O[C@@H](n3ccc4c(N)ncnc43)[C@H](O)[C@]2(C)O)c1. The van der Waals surface area contributed by atoms with Gasteiger partial charge in [0.2, 0.25) is 0 Å².